The van der Waals surface area contributed by atoms with Crippen molar-refractivity contribution >= 4 is 21.7 Å². The lowest BCUT2D eigenvalue weighted by molar-refractivity contribution is -0.150. The van der Waals surface area contributed by atoms with Crippen molar-refractivity contribution in [2.45, 2.75) is 25.2 Å². The van der Waals surface area contributed by atoms with E-state index in [4.69, 9.17) is 0 Å². The van der Waals surface area contributed by atoms with Gasteiger partial charge in [0.25, 0.3) is 5.91 Å². The van der Waals surface area contributed by atoms with E-state index in [2.05, 4.69) is 0 Å². The Bertz CT molecular complexity index is 741. The van der Waals surface area contributed by atoms with E-state index in [-0.39, 0.29) is 28.8 Å². The molecule has 1 atom stereocenters. The number of carboxylic acids is 1. The Morgan fingerprint density at radius 2 is 1.96 bits per heavy atom. The first kappa shape index (κ1) is 17.5. The summed E-state index contributed by atoms with van der Waals surface area (Å²) in [5.41, 5.74) is -0.678. The summed E-state index contributed by atoms with van der Waals surface area (Å²) in [4.78, 5) is 25.8. The van der Waals surface area contributed by atoms with Gasteiger partial charge in [0.1, 0.15) is 0 Å². The fourth-order valence-electron chi connectivity index (χ4n) is 2.94. The highest BCUT2D eigenvalue weighted by Crippen LogP contribution is 2.38. The molecule has 1 aromatic rings. The van der Waals surface area contributed by atoms with Crippen molar-refractivity contribution < 1.29 is 23.1 Å². The number of carbonyl (C=O) groups excluding carboxylic acids is 1. The summed E-state index contributed by atoms with van der Waals surface area (Å²) in [6, 6.07) is 5.85. The van der Waals surface area contributed by atoms with Crippen molar-refractivity contribution in [3.63, 3.8) is 0 Å². The van der Waals surface area contributed by atoms with Crippen LogP contribution in [-0.2, 0) is 14.6 Å². The number of carboxylic acid groups (broad SMARTS) is 1. The highest BCUT2D eigenvalue weighted by atomic mass is 32.2. The molecule has 2 rings (SSSR count). The number of benzene rings is 1. The molecule has 1 amide bonds. The van der Waals surface area contributed by atoms with Crippen LogP contribution in [0.3, 0.4) is 0 Å². The van der Waals surface area contributed by atoms with E-state index in [9.17, 15) is 23.1 Å². The molecule has 0 aromatic heterocycles. The number of rotatable bonds is 4. The van der Waals surface area contributed by atoms with E-state index < -0.39 is 21.2 Å². The summed E-state index contributed by atoms with van der Waals surface area (Å²) >= 11 is 0. The van der Waals surface area contributed by atoms with E-state index >= 15 is 0 Å². The number of likely N-dealkylation sites (tertiary alicyclic amines) is 1. The molecule has 0 saturated carbocycles. The Balaban J connectivity index is 2.28. The molecule has 1 saturated heterocycles. The molecule has 1 heterocycles. The van der Waals surface area contributed by atoms with Crippen LogP contribution in [0.15, 0.2) is 29.2 Å². The first-order valence-corrected chi connectivity index (χ1v) is 9.30. The third kappa shape index (κ3) is 3.24. The second-order valence-electron chi connectivity index (χ2n) is 6.39. The minimum absolute atomic E-state index is 0.0795. The molecular weight excluding hydrogens is 318 g/mol. The maximum absolute atomic E-state index is 12.6. The van der Waals surface area contributed by atoms with E-state index in [1.165, 1.54) is 23.1 Å². The first-order chi connectivity index (χ1) is 10.6. The Kier molecular flexibility index (Phi) is 4.52. The smallest absolute Gasteiger partial charge is 0.311 e. The number of hydrogen-bond acceptors (Lipinski definition) is 4. The number of hydrogen-bond donors (Lipinski definition) is 1. The quantitative estimate of drug-likeness (QED) is 0.901. The molecule has 0 bridgehead atoms. The molecule has 0 spiro atoms. The van der Waals surface area contributed by atoms with Crippen LogP contribution in [0.1, 0.15) is 30.6 Å². The van der Waals surface area contributed by atoms with Gasteiger partial charge in [0.15, 0.2) is 9.84 Å². The van der Waals surface area contributed by atoms with Crippen molar-refractivity contribution in [2.24, 2.45) is 11.3 Å². The number of nitrogens with zero attached hydrogens (tertiary/aromatic N) is 1. The molecule has 1 N–H and O–H groups in total. The van der Waals surface area contributed by atoms with Gasteiger partial charge in [-0.1, -0.05) is 19.9 Å². The molecule has 7 heteroatoms. The van der Waals surface area contributed by atoms with Gasteiger partial charge in [0.05, 0.1) is 10.3 Å². The van der Waals surface area contributed by atoms with Crippen LogP contribution in [0.2, 0.25) is 0 Å². The molecule has 0 aliphatic carbocycles. The fraction of sp³-hybridized carbons (Fsp3) is 0.500. The molecule has 1 aliphatic heterocycles. The summed E-state index contributed by atoms with van der Waals surface area (Å²) in [7, 11) is -3.40. The number of carbonyl (C=O) groups is 2. The monoisotopic (exact) mass is 339 g/mol. The van der Waals surface area contributed by atoms with E-state index in [0.29, 0.717) is 13.0 Å². The van der Waals surface area contributed by atoms with Crippen LogP contribution in [0, 0.1) is 11.3 Å². The summed E-state index contributed by atoms with van der Waals surface area (Å²) in [5, 5.41) is 9.54. The maximum Gasteiger partial charge on any atom is 0.311 e. The Labute approximate surface area is 136 Å². The first-order valence-electron chi connectivity index (χ1n) is 7.41. The average molecular weight is 339 g/mol. The highest BCUT2D eigenvalue weighted by molar-refractivity contribution is 7.90. The maximum atomic E-state index is 12.6. The van der Waals surface area contributed by atoms with E-state index in [0.717, 1.165) is 6.26 Å². The van der Waals surface area contributed by atoms with Crippen LogP contribution in [0.25, 0.3) is 0 Å². The zero-order valence-electron chi connectivity index (χ0n) is 13.4. The predicted octanol–water partition coefficient (Wildman–Crippen LogP) is 1.66. The molecular formula is C16H21NO5S. The Hall–Kier alpha value is -1.89. The average Bonchev–Trinajstić information content (AvgIpc) is 2.92. The van der Waals surface area contributed by atoms with Gasteiger partial charge in [-0.05, 0) is 30.5 Å². The lowest BCUT2D eigenvalue weighted by Gasteiger charge is -2.28. The molecule has 1 aromatic carbocycles. The predicted molar refractivity (Wildman–Crippen MR) is 85.0 cm³/mol. The third-order valence-electron chi connectivity index (χ3n) is 4.63. The number of sulfone groups is 1. The largest absolute Gasteiger partial charge is 0.481 e. The lowest BCUT2D eigenvalue weighted by atomic mass is 9.76. The topological polar surface area (TPSA) is 91.8 Å². The molecule has 126 valence electrons. The van der Waals surface area contributed by atoms with Gasteiger partial charge in [-0.15, -0.1) is 0 Å². The summed E-state index contributed by atoms with van der Waals surface area (Å²) < 4.78 is 23.2. The van der Waals surface area contributed by atoms with E-state index in [1.54, 1.807) is 6.07 Å². The van der Waals surface area contributed by atoms with Gasteiger partial charge in [-0.3, -0.25) is 9.59 Å². The Morgan fingerprint density at radius 1 is 1.30 bits per heavy atom. The van der Waals surface area contributed by atoms with Gasteiger partial charge in [0, 0.05) is 24.9 Å². The Morgan fingerprint density at radius 3 is 2.43 bits per heavy atom. The zero-order valence-corrected chi connectivity index (χ0v) is 14.3. The number of aliphatic carboxylic acids is 1. The molecule has 6 nitrogen and oxygen atoms in total. The molecule has 1 unspecified atom stereocenters. The van der Waals surface area contributed by atoms with E-state index in [1.807, 2.05) is 13.8 Å². The van der Waals surface area contributed by atoms with Gasteiger partial charge in [0.2, 0.25) is 0 Å². The SMILES string of the molecule is CC(C)C1(C(=O)O)CCN(C(=O)c2cccc(S(C)(=O)=O)c2)C1. The number of amides is 1. The lowest BCUT2D eigenvalue weighted by Crippen LogP contribution is -2.40. The van der Waals surface area contributed by atoms with Crippen LogP contribution < -0.4 is 0 Å². The molecule has 23 heavy (non-hydrogen) atoms. The standard InChI is InChI=1S/C16H21NO5S/c1-11(2)16(15(19)20)7-8-17(10-16)14(18)12-5-4-6-13(9-12)23(3,21)22/h4-6,9,11H,7-8,10H2,1-3H3,(H,19,20). The van der Waals surface area contributed by atoms with Gasteiger partial charge < -0.3 is 10.0 Å². The minimum atomic E-state index is -3.40. The van der Waals surface area contributed by atoms with Gasteiger partial charge >= 0.3 is 5.97 Å². The van der Waals surface area contributed by atoms with Gasteiger partial charge in [-0.2, -0.15) is 0 Å². The second kappa shape index (κ2) is 5.96. The highest BCUT2D eigenvalue weighted by Gasteiger charge is 2.48. The summed E-state index contributed by atoms with van der Waals surface area (Å²) in [5.74, 6) is -1.33. The van der Waals surface area contributed by atoms with Crippen LogP contribution in [0.5, 0.6) is 0 Å². The van der Waals surface area contributed by atoms with Crippen molar-refractivity contribution in [1.82, 2.24) is 4.90 Å². The minimum Gasteiger partial charge on any atom is -0.481 e. The summed E-state index contributed by atoms with van der Waals surface area (Å²) in [6.07, 6.45) is 1.48. The van der Waals surface area contributed by atoms with Crippen LogP contribution >= 0.6 is 0 Å². The summed E-state index contributed by atoms with van der Waals surface area (Å²) in [6.45, 7) is 4.17. The van der Waals surface area contributed by atoms with Crippen LogP contribution in [-0.4, -0.2) is 49.6 Å². The van der Waals surface area contributed by atoms with Crippen LogP contribution in [0.4, 0.5) is 0 Å². The van der Waals surface area contributed by atoms with Crippen molar-refractivity contribution in [3.8, 4) is 0 Å². The third-order valence-corrected chi connectivity index (χ3v) is 5.74. The van der Waals surface area contributed by atoms with Crippen molar-refractivity contribution in [3.05, 3.63) is 29.8 Å². The normalized spacial score (nSPS) is 21.7. The van der Waals surface area contributed by atoms with Crippen molar-refractivity contribution in [2.75, 3.05) is 19.3 Å². The molecule has 1 aliphatic rings. The molecule has 1 fully saturated rings. The second-order valence-corrected chi connectivity index (χ2v) is 8.41. The molecule has 0 radical (unpaired) electrons. The fourth-order valence-corrected chi connectivity index (χ4v) is 3.61. The van der Waals surface area contributed by atoms with Gasteiger partial charge in [-0.25, -0.2) is 8.42 Å². The zero-order chi connectivity index (χ0) is 17.4. The van der Waals surface area contributed by atoms with Crippen molar-refractivity contribution in [1.29, 1.82) is 0 Å².